The molecule has 2 aromatic heterocycles. The first-order valence-electron chi connectivity index (χ1n) is 8.70. The molecule has 29 heavy (non-hydrogen) atoms. The fraction of sp³-hybridized carbons (Fsp3) is 0.278. The van der Waals surface area contributed by atoms with Crippen LogP contribution in [0.15, 0.2) is 30.3 Å². The van der Waals surface area contributed by atoms with Gasteiger partial charge in [-0.15, -0.1) is 0 Å². The Balaban J connectivity index is 1.61. The lowest BCUT2D eigenvalue weighted by Crippen LogP contribution is -2.16. The number of nitrogens with zero attached hydrogens (tertiary/aromatic N) is 5. The Morgan fingerprint density at radius 2 is 1.86 bits per heavy atom. The van der Waals surface area contributed by atoms with Crippen LogP contribution in [0.25, 0.3) is 0 Å². The highest BCUT2D eigenvalue weighted by Crippen LogP contribution is 2.22. The van der Waals surface area contributed by atoms with Crippen LogP contribution < -0.4 is 5.32 Å². The van der Waals surface area contributed by atoms with Crippen molar-refractivity contribution in [2.45, 2.75) is 33.4 Å². The van der Waals surface area contributed by atoms with Crippen molar-refractivity contribution in [3.63, 3.8) is 0 Å². The SMILES string of the molecule is Cc1cc(NC(=O)CCn2nc([N+](=O)[O-])cc2C)nn1Cc1ccc(Cl)cc1Cl. The molecule has 0 saturated carbocycles. The Morgan fingerprint density at radius 1 is 1.14 bits per heavy atom. The number of rotatable bonds is 7. The van der Waals surface area contributed by atoms with Crippen molar-refractivity contribution in [1.82, 2.24) is 19.6 Å². The summed E-state index contributed by atoms with van der Waals surface area (Å²) in [5, 5.41) is 22.9. The van der Waals surface area contributed by atoms with E-state index < -0.39 is 4.92 Å². The molecule has 0 unspecified atom stereocenters. The molecule has 2 heterocycles. The maximum atomic E-state index is 12.2. The van der Waals surface area contributed by atoms with E-state index >= 15 is 0 Å². The summed E-state index contributed by atoms with van der Waals surface area (Å²) in [5.74, 6) is -0.0874. The second kappa shape index (κ2) is 8.62. The van der Waals surface area contributed by atoms with Crippen LogP contribution in [-0.4, -0.2) is 30.4 Å². The van der Waals surface area contributed by atoms with Crippen LogP contribution in [0.3, 0.4) is 0 Å². The first-order valence-corrected chi connectivity index (χ1v) is 9.45. The predicted molar refractivity (Wildman–Crippen MR) is 109 cm³/mol. The van der Waals surface area contributed by atoms with Crippen molar-refractivity contribution in [2.75, 3.05) is 5.32 Å². The van der Waals surface area contributed by atoms with Gasteiger partial charge in [0, 0.05) is 28.2 Å². The lowest BCUT2D eigenvalue weighted by molar-refractivity contribution is -0.389. The summed E-state index contributed by atoms with van der Waals surface area (Å²) in [6.45, 7) is 4.24. The number of carbonyl (C=O) groups excluding carboxylic acids is 1. The molecule has 0 spiro atoms. The smallest absolute Gasteiger partial charge is 0.358 e. The summed E-state index contributed by atoms with van der Waals surface area (Å²) in [7, 11) is 0. The van der Waals surface area contributed by atoms with E-state index in [1.54, 1.807) is 29.8 Å². The molecule has 0 atom stereocenters. The molecule has 152 valence electrons. The van der Waals surface area contributed by atoms with Gasteiger partial charge in [-0.05, 0) is 36.5 Å². The van der Waals surface area contributed by atoms with Gasteiger partial charge in [-0.25, -0.2) is 0 Å². The van der Waals surface area contributed by atoms with Crippen molar-refractivity contribution in [2.24, 2.45) is 0 Å². The van der Waals surface area contributed by atoms with E-state index in [0.29, 0.717) is 28.1 Å². The lowest BCUT2D eigenvalue weighted by Gasteiger charge is -2.07. The molecule has 0 aliphatic heterocycles. The van der Waals surface area contributed by atoms with Crippen LogP contribution in [0.1, 0.15) is 23.4 Å². The number of aryl methyl sites for hydroxylation is 3. The highest BCUT2D eigenvalue weighted by Gasteiger charge is 2.16. The Labute approximate surface area is 176 Å². The minimum atomic E-state index is -0.564. The number of anilines is 1. The van der Waals surface area contributed by atoms with Gasteiger partial charge in [-0.3, -0.25) is 9.48 Å². The molecule has 0 radical (unpaired) electrons. The second-order valence-corrected chi connectivity index (χ2v) is 7.33. The van der Waals surface area contributed by atoms with Gasteiger partial charge >= 0.3 is 5.82 Å². The number of hydrogen-bond donors (Lipinski definition) is 1. The zero-order valence-electron chi connectivity index (χ0n) is 15.7. The summed E-state index contributed by atoms with van der Waals surface area (Å²) < 4.78 is 3.16. The van der Waals surface area contributed by atoms with Gasteiger partial charge in [-0.1, -0.05) is 29.3 Å². The van der Waals surface area contributed by atoms with Gasteiger partial charge in [0.2, 0.25) is 5.91 Å². The molecule has 9 nitrogen and oxygen atoms in total. The van der Waals surface area contributed by atoms with E-state index in [0.717, 1.165) is 11.3 Å². The van der Waals surface area contributed by atoms with Crippen molar-refractivity contribution < 1.29 is 9.72 Å². The Hall–Kier alpha value is -2.91. The standard InChI is InChI=1S/C18H18Cl2N6O3/c1-11-7-16(22-25(11)10-13-3-4-14(19)9-15(13)20)21-18(27)5-6-24-12(2)8-17(23-24)26(28)29/h3-4,7-9H,5-6,10H2,1-2H3,(H,21,22,27). The first kappa shape index (κ1) is 20.8. The number of hydrogen-bond acceptors (Lipinski definition) is 5. The topological polar surface area (TPSA) is 108 Å². The Morgan fingerprint density at radius 3 is 2.52 bits per heavy atom. The molecular formula is C18H18Cl2N6O3. The monoisotopic (exact) mass is 436 g/mol. The molecule has 1 N–H and O–H groups in total. The quantitative estimate of drug-likeness (QED) is 0.444. The van der Waals surface area contributed by atoms with Crippen molar-refractivity contribution in [3.8, 4) is 0 Å². The molecule has 1 aromatic carbocycles. The average molecular weight is 437 g/mol. The number of nitro groups is 1. The summed E-state index contributed by atoms with van der Waals surface area (Å²) in [5.41, 5.74) is 2.32. The maximum absolute atomic E-state index is 12.2. The third-order valence-corrected chi connectivity index (χ3v) is 4.88. The van der Waals surface area contributed by atoms with E-state index in [9.17, 15) is 14.9 Å². The summed E-state index contributed by atoms with van der Waals surface area (Å²) in [6.07, 6.45) is 0.106. The van der Waals surface area contributed by atoms with Crippen LogP contribution in [0, 0.1) is 24.0 Å². The summed E-state index contributed by atoms with van der Waals surface area (Å²) in [6, 6.07) is 8.37. The molecular weight excluding hydrogens is 419 g/mol. The fourth-order valence-corrected chi connectivity index (χ4v) is 3.23. The number of benzene rings is 1. The molecule has 0 aliphatic carbocycles. The number of amides is 1. The van der Waals surface area contributed by atoms with Crippen LogP contribution in [-0.2, 0) is 17.9 Å². The van der Waals surface area contributed by atoms with Gasteiger partial charge in [0.1, 0.15) is 0 Å². The minimum Gasteiger partial charge on any atom is -0.358 e. The molecule has 3 rings (SSSR count). The minimum absolute atomic E-state index is 0.106. The highest BCUT2D eigenvalue weighted by molar-refractivity contribution is 6.35. The van der Waals surface area contributed by atoms with Gasteiger partial charge in [0.05, 0.1) is 29.9 Å². The molecule has 0 aliphatic rings. The molecule has 0 fully saturated rings. The van der Waals surface area contributed by atoms with E-state index in [1.807, 2.05) is 13.0 Å². The van der Waals surface area contributed by atoms with Gasteiger partial charge < -0.3 is 15.4 Å². The van der Waals surface area contributed by atoms with Gasteiger partial charge in [-0.2, -0.15) is 9.78 Å². The zero-order valence-corrected chi connectivity index (χ0v) is 17.2. The molecule has 11 heteroatoms. The maximum Gasteiger partial charge on any atom is 0.390 e. The lowest BCUT2D eigenvalue weighted by atomic mass is 10.2. The van der Waals surface area contributed by atoms with E-state index in [1.165, 1.54) is 10.7 Å². The van der Waals surface area contributed by atoms with Crippen LogP contribution >= 0.6 is 23.2 Å². The van der Waals surface area contributed by atoms with E-state index in [4.69, 9.17) is 23.2 Å². The summed E-state index contributed by atoms with van der Waals surface area (Å²) in [4.78, 5) is 22.4. The predicted octanol–water partition coefficient (Wildman–Crippen LogP) is 3.99. The second-order valence-electron chi connectivity index (χ2n) is 6.49. The Bertz CT molecular complexity index is 1080. The van der Waals surface area contributed by atoms with E-state index in [-0.39, 0.29) is 24.7 Å². The number of carbonyl (C=O) groups is 1. The third-order valence-electron chi connectivity index (χ3n) is 4.29. The number of aromatic nitrogens is 4. The average Bonchev–Trinajstić information content (AvgIpc) is 3.18. The van der Waals surface area contributed by atoms with Crippen LogP contribution in [0.4, 0.5) is 11.6 Å². The van der Waals surface area contributed by atoms with Crippen molar-refractivity contribution in [3.05, 3.63) is 67.4 Å². The fourth-order valence-electron chi connectivity index (χ4n) is 2.76. The highest BCUT2D eigenvalue weighted by atomic mass is 35.5. The molecule has 0 bridgehead atoms. The zero-order chi connectivity index (χ0) is 21.1. The molecule has 1 amide bonds. The largest absolute Gasteiger partial charge is 0.390 e. The van der Waals surface area contributed by atoms with Gasteiger partial charge in [0.15, 0.2) is 5.82 Å². The number of halogens is 2. The first-order chi connectivity index (χ1) is 13.7. The number of nitrogens with one attached hydrogen (secondary N) is 1. The van der Waals surface area contributed by atoms with Crippen molar-refractivity contribution in [1.29, 1.82) is 0 Å². The van der Waals surface area contributed by atoms with Crippen LogP contribution in [0.2, 0.25) is 10.0 Å². The Kier molecular flexibility index (Phi) is 6.19. The summed E-state index contributed by atoms with van der Waals surface area (Å²) >= 11 is 12.1. The van der Waals surface area contributed by atoms with E-state index in [2.05, 4.69) is 15.5 Å². The molecule has 0 saturated heterocycles. The van der Waals surface area contributed by atoms with Gasteiger partial charge in [0.25, 0.3) is 0 Å². The van der Waals surface area contributed by atoms with Crippen LogP contribution in [0.5, 0.6) is 0 Å². The normalized spacial score (nSPS) is 10.9. The van der Waals surface area contributed by atoms with Crippen molar-refractivity contribution >= 4 is 40.7 Å². The molecule has 3 aromatic rings. The third kappa shape index (κ3) is 5.12.